The van der Waals surface area contributed by atoms with Crippen LogP contribution < -0.4 is 21.6 Å². The van der Waals surface area contributed by atoms with Crippen molar-refractivity contribution in [2.24, 2.45) is 5.41 Å². The molecule has 0 amide bonds. The minimum absolute atomic E-state index is 0.140. The topological polar surface area (TPSA) is 91.3 Å². The molecule has 2 aliphatic heterocycles. The molecular formula is C37H44ClFN8. The maximum absolute atomic E-state index is 14.0. The van der Waals surface area contributed by atoms with E-state index in [4.69, 9.17) is 11.6 Å². The molecule has 1 unspecified atom stereocenters. The van der Waals surface area contributed by atoms with Gasteiger partial charge in [0, 0.05) is 59.6 Å². The van der Waals surface area contributed by atoms with Crippen molar-refractivity contribution < 1.29 is 4.39 Å². The van der Waals surface area contributed by atoms with Crippen molar-refractivity contribution >= 4 is 33.9 Å². The number of hydrazine groups is 2. The highest BCUT2D eigenvalue weighted by Crippen LogP contribution is 2.40. The van der Waals surface area contributed by atoms with Crippen molar-refractivity contribution in [2.75, 3.05) is 23.7 Å². The third kappa shape index (κ3) is 6.96. The summed E-state index contributed by atoms with van der Waals surface area (Å²) < 4.78 is 14.0. The van der Waals surface area contributed by atoms with Gasteiger partial charge in [-0.3, -0.25) is 14.9 Å². The highest BCUT2D eigenvalue weighted by atomic mass is 35.5. The highest BCUT2D eigenvalue weighted by molar-refractivity contribution is 6.35. The van der Waals surface area contributed by atoms with Crippen molar-refractivity contribution in [3.63, 3.8) is 0 Å². The van der Waals surface area contributed by atoms with Gasteiger partial charge in [-0.25, -0.2) is 4.39 Å². The Bertz CT molecular complexity index is 1760. The van der Waals surface area contributed by atoms with E-state index in [1.165, 1.54) is 18.3 Å². The lowest BCUT2D eigenvalue weighted by Gasteiger charge is -2.42. The first kappa shape index (κ1) is 32.8. The van der Waals surface area contributed by atoms with E-state index in [-0.39, 0.29) is 28.9 Å². The van der Waals surface area contributed by atoms with Crippen LogP contribution >= 0.6 is 11.6 Å². The molecule has 1 saturated heterocycles. The van der Waals surface area contributed by atoms with E-state index in [1.807, 2.05) is 25.1 Å². The number of rotatable bonds is 8. The molecule has 8 nitrogen and oxygen atoms in total. The molecule has 3 aliphatic rings. The van der Waals surface area contributed by atoms with Gasteiger partial charge in [0.1, 0.15) is 11.9 Å². The molecule has 10 heteroatoms. The number of aromatic nitrogens is 1. The summed E-state index contributed by atoms with van der Waals surface area (Å²) in [7, 11) is 0. The number of allylic oxidation sites excluding steroid dienone is 3. The zero-order valence-electron chi connectivity index (χ0n) is 27.7. The van der Waals surface area contributed by atoms with Crippen LogP contribution in [0.1, 0.15) is 71.0 Å². The molecule has 0 saturated carbocycles. The van der Waals surface area contributed by atoms with Crippen LogP contribution in [-0.4, -0.2) is 45.6 Å². The molecule has 3 atom stereocenters. The van der Waals surface area contributed by atoms with Gasteiger partial charge < -0.3 is 16.1 Å². The van der Waals surface area contributed by atoms with Gasteiger partial charge in [-0.05, 0) is 76.8 Å². The molecule has 0 bridgehead atoms. The SMILES string of the molecule is C[C@@H](Nc1c(C#N)cnc2c(Cl)cc(N[C@H](C3=CN(C4CCN(C(C)(C)C)CC4)NN3)C3(C)C=CC=CC3)cc12)c1cccc(F)c1. The fourth-order valence-corrected chi connectivity index (χ4v) is 7.15. The van der Waals surface area contributed by atoms with Gasteiger partial charge in [-0.2, -0.15) is 5.26 Å². The number of nitriles is 1. The largest absolute Gasteiger partial charge is 0.377 e. The zero-order valence-corrected chi connectivity index (χ0v) is 28.5. The number of hydrogen-bond donors (Lipinski definition) is 4. The maximum atomic E-state index is 14.0. The lowest BCUT2D eigenvalue weighted by atomic mass is 9.75. The Labute approximate surface area is 282 Å². The van der Waals surface area contributed by atoms with Gasteiger partial charge >= 0.3 is 0 Å². The zero-order chi connectivity index (χ0) is 33.3. The van der Waals surface area contributed by atoms with E-state index in [2.05, 4.69) is 101 Å². The number of hydrogen-bond acceptors (Lipinski definition) is 8. The summed E-state index contributed by atoms with van der Waals surface area (Å²) >= 11 is 6.89. The molecule has 1 fully saturated rings. The third-order valence-electron chi connectivity index (χ3n) is 9.73. The normalized spacial score (nSPS) is 21.7. The van der Waals surface area contributed by atoms with Crippen LogP contribution in [0.15, 0.2) is 78.8 Å². The summed E-state index contributed by atoms with van der Waals surface area (Å²) in [6.45, 7) is 13.2. The first-order valence-electron chi connectivity index (χ1n) is 16.4. The van der Waals surface area contributed by atoms with E-state index in [9.17, 15) is 9.65 Å². The standard InChI is InChI=1S/C37H44ClFN8/c1-24(25-10-9-11-27(39)18-25)42-33-26(21-40)22-41-34-30(33)19-28(20-31(34)38)43-35(37(5)14-7-6-8-15-37)32-23-47(45-44-32)29-12-16-46(17-13-29)36(2,3)4/h6-11,14,18-20,22-24,29,35,43-45H,12-13,15-17H2,1-5H3,(H,41,42)/t24-,35-,37?/m1/s1. The van der Waals surface area contributed by atoms with Gasteiger partial charge in [0.05, 0.1) is 33.5 Å². The fraction of sp³-hybridized carbons (Fsp3) is 0.405. The Morgan fingerprint density at radius 2 is 1.94 bits per heavy atom. The Hall–Kier alpha value is -4.10. The Morgan fingerprint density at radius 1 is 1.15 bits per heavy atom. The first-order chi connectivity index (χ1) is 22.4. The molecular weight excluding hydrogens is 611 g/mol. The van der Waals surface area contributed by atoms with Crippen LogP contribution in [-0.2, 0) is 0 Å². The van der Waals surface area contributed by atoms with Gasteiger partial charge in [-0.1, -0.05) is 55.0 Å². The summed E-state index contributed by atoms with van der Waals surface area (Å²) in [5.74, 6) is -0.310. The number of fused-ring (bicyclic) bond motifs is 1. The summed E-state index contributed by atoms with van der Waals surface area (Å²) in [4.78, 5) is 7.10. The van der Waals surface area contributed by atoms with Crippen molar-refractivity contribution in [1.82, 2.24) is 25.9 Å². The molecule has 0 radical (unpaired) electrons. The number of piperidine rings is 1. The lowest BCUT2D eigenvalue weighted by Crippen LogP contribution is -2.53. The van der Waals surface area contributed by atoms with Crippen LogP contribution in [0.4, 0.5) is 15.8 Å². The molecule has 3 heterocycles. The van der Waals surface area contributed by atoms with Crippen molar-refractivity contribution in [1.29, 1.82) is 5.26 Å². The average molecular weight is 655 g/mol. The molecule has 246 valence electrons. The third-order valence-corrected chi connectivity index (χ3v) is 10.0. The van der Waals surface area contributed by atoms with E-state index in [0.717, 1.165) is 49.3 Å². The molecule has 2 aromatic carbocycles. The number of likely N-dealkylation sites (tertiary alicyclic amines) is 1. The Morgan fingerprint density at radius 3 is 2.62 bits per heavy atom. The number of halogens is 2. The highest BCUT2D eigenvalue weighted by Gasteiger charge is 2.38. The average Bonchev–Trinajstić information content (AvgIpc) is 3.54. The van der Waals surface area contributed by atoms with Gasteiger partial charge in [0.25, 0.3) is 0 Å². The van der Waals surface area contributed by atoms with E-state index < -0.39 is 0 Å². The maximum Gasteiger partial charge on any atom is 0.123 e. The van der Waals surface area contributed by atoms with Crippen molar-refractivity contribution in [2.45, 2.75) is 77.5 Å². The van der Waals surface area contributed by atoms with Gasteiger partial charge in [0.15, 0.2) is 0 Å². The fourth-order valence-electron chi connectivity index (χ4n) is 6.88. The molecule has 6 rings (SSSR count). The van der Waals surface area contributed by atoms with Crippen LogP contribution in [0.2, 0.25) is 5.02 Å². The second kappa shape index (κ2) is 13.2. The second-order valence-electron chi connectivity index (χ2n) is 14.1. The minimum Gasteiger partial charge on any atom is -0.377 e. The minimum atomic E-state index is -0.310. The molecule has 47 heavy (non-hydrogen) atoms. The van der Waals surface area contributed by atoms with Gasteiger partial charge in [0.2, 0.25) is 0 Å². The number of nitrogens with one attached hydrogen (secondary N) is 4. The van der Waals surface area contributed by atoms with Crippen LogP contribution in [0.25, 0.3) is 10.9 Å². The Balaban J connectivity index is 1.33. The molecule has 0 spiro atoms. The summed E-state index contributed by atoms with van der Waals surface area (Å²) in [6, 6.07) is 12.6. The number of nitrogens with zero attached hydrogens (tertiary/aromatic N) is 4. The molecule has 1 aromatic heterocycles. The number of benzene rings is 2. The van der Waals surface area contributed by atoms with Crippen LogP contribution in [0, 0.1) is 22.6 Å². The van der Waals surface area contributed by atoms with Crippen molar-refractivity contribution in [3.8, 4) is 6.07 Å². The second-order valence-corrected chi connectivity index (χ2v) is 14.5. The lowest BCUT2D eigenvalue weighted by molar-refractivity contribution is 0.0569. The summed E-state index contributed by atoms with van der Waals surface area (Å²) in [5.41, 5.74) is 11.0. The summed E-state index contributed by atoms with van der Waals surface area (Å²) in [5, 5.41) is 20.7. The molecule has 1 aliphatic carbocycles. The van der Waals surface area contributed by atoms with Crippen molar-refractivity contribution in [3.05, 3.63) is 101 Å². The van der Waals surface area contributed by atoms with Crippen LogP contribution in [0.3, 0.4) is 0 Å². The van der Waals surface area contributed by atoms with Crippen LogP contribution in [0.5, 0.6) is 0 Å². The quantitative estimate of drug-likeness (QED) is 0.196. The number of pyridine rings is 1. The first-order valence-corrected chi connectivity index (χ1v) is 16.7. The van der Waals surface area contributed by atoms with E-state index in [1.54, 1.807) is 6.07 Å². The van der Waals surface area contributed by atoms with Gasteiger partial charge in [-0.15, -0.1) is 5.53 Å². The Kier molecular flexibility index (Phi) is 9.21. The van der Waals surface area contributed by atoms with E-state index >= 15 is 0 Å². The molecule has 4 N–H and O–H groups in total. The predicted molar refractivity (Wildman–Crippen MR) is 189 cm³/mol. The monoisotopic (exact) mass is 654 g/mol. The smallest absolute Gasteiger partial charge is 0.123 e. The summed E-state index contributed by atoms with van der Waals surface area (Å²) in [6.07, 6.45) is 15.4. The van der Waals surface area contributed by atoms with E-state index in [0.29, 0.717) is 33.2 Å². The molecule has 3 aromatic rings. The number of anilines is 2. The predicted octanol–water partition coefficient (Wildman–Crippen LogP) is 7.80.